The molecule has 0 fully saturated rings. The molecular weight excluding hydrogens is 298 g/mol. The lowest BCUT2D eigenvalue weighted by molar-refractivity contribution is 0.102. The first kappa shape index (κ1) is 15.7. The van der Waals surface area contributed by atoms with Crippen LogP contribution in [0, 0.1) is 13.8 Å². The number of benzene rings is 2. The van der Waals surface area contributed by atoms with E-state index in [1.165, 1.54) is 11.1 Å². The Hall–Kier alpha value is -3.14. The summed E-state index contributed by atoms with van der Waals surface area (Å²) >= 11 is 0. The number of hydrogen-bond donors (Lipinski definition) is 2. The van der Waals surface area contributed by atoms with Crippen molar-refractivity contribution in [2.24, 2.45) is 0 Å². The molecule has 0 spiro atoms. The third-order valence-electron chi connectivity index (χ3n) is 3.53. The average molecular weight is 317 g/mol. The van der Waals surface area contributed by atoms with E-state index in [-0.39, 0.29) is 5.91 Å². The van der Waals surface area contributed by atoms with Crippen LogP contribution < -0.4 is 10.6 Å². The number of amides is 1. The Morgan fingerprint density at radius 1 is 0.833 bits per heavy atom. The van der Waals surface area contributed by atoms with Crippen LogP contribution in [0.2, 0.25) is 0 Å². The molecule has 3 rings (SSSR count). The molecule has 2 N–H and O–H groups in total. The lowest BCUT2D eigenvalue weighted by atomic mass is 10.1. The molecule has 0 radical (unpaired) electrons. The summed E-state index contributed by atoms with van der Waals surface area (Å²) in [4.78, 5) is 16.5. The Balaban J connectivity index is 1.77. The van der Waals surface area contributed by atoms with Gasteiger partial charge >= 0.3 is 0 Å². The highest BCUT2D eigenvalue weighted by Crippen LogP contribution is 2.20. The van der Waals surface area contributed by atoms with Gasteiger partial charge in [0.15, 0.2) is 0 Å². The summed E-state index contributed by atoms with van der Waals surface area (Å²) in [6.07, 6.45) is 1.63. The van der Waals surface area contributed by atoms with Crippen LogP contribution in [-0.4, -0.2) is 10.9 Å². The minimum atomic E-state index is -0.231. The second-order valence-corrected chi connectivity index (χ2v) is 5.75. The van der Waals surface area contributed by atoms with Gasteiger partial charge in [-0.2, -0.15) is 0 Å². The van der Waals surface area contributed by atoms with Crippen molar-refractivity contribution in [2.75, 3.05) is 10.6 Å². The Morgan fingerprint density at radius 2 is 1.54 bits per heavy atom. The quantitative estimate of drug-likeness (QED) is 0.733. The minimum absolute atomic E-state index is 0.231. The van der Waals surface area contributed by atoms with Crippen LogP contribution in [0.25, 0.3) is 0 Å². The molecule has 0 saturated carbocycles. The highest BCUT2D eigenvalue weighted by Gasteiger charge is 2.08. The first-order valence-electron chi connectivity index (χ1n) is 7.78. The summed E-state index contributed by atoms with van der Waals surface area (Å²) in [7, 11) is 0. The van der Waals surface area contributed by atoms with E-state index in [1.54, 1.807) is 12.3 Å². The Kier molecular flexibility index (Phi) is 4.57. The van der Waals surface area contributed by atoms with Crippen molar-refractivity contribution in [3.8, 4) is 0 Å². The molecule has 0 atom stereocenters. The fraction of sp³-hybridized carbons (Fsp3) is 0.100. The molecule has 0 aliphatic heterocycles. The van der Waals surface area contributed by atoms with Crippen LogP contribution in [0.1, 0.15) is 21.6 Å². The fourth-order valence-corrected chi connectivity index (χ4v) is 2.56. The van der Waals surface area contributed by atoms with Crippen LogP contribution in [0.5, 0.6) is 0 Å². The van der Waals surface area contributed by atoms with Crippen LogP contribution in [0.3, 0.4) is 0 Å². The van der Waals surface area contributed by atoms with Gasteiger partial charge < -0.3 is 10.6 Å². The van der Waals surface area contributed by atoms with Gasteiger partial charge in [-0.05, 0) is 61.4 Å². The molecule has 24 heavy (non-hydrogen) atoms. The molecule has 0 aliphatic rings. The van der Waals surface area contributed by atoms with Gasteiger partial charge in [0.25, 0.3) is 5.91 Å². The fourth-order valence-electron chi connectivity index (χ4n) is 2.56. The van der Waals surface area contributed by atoms with E-state index in [4.69, 9.17) is 0 Å². The van der Waals surface area contributed by atoms with Crippen LogP contribution in [0.15, 0.2) is 66.9 Å². The first-order valence-corrected chi connectivity index (χ1v) is 7.78. The van der Waals surface area contributed by atoms with Crippen LogP contribution in [-0.2, 0) is 0 Å². The van der Waals surface area contributed by atoms with Crippen molar-refractivity contribution in [3.63, 3.8) is 0 Å². The summed E-state index contributed by atoms with van der Waals surface area (Å²) in [5.41, 5.74) is 5.31. The van der Waals surface area contributed by atoms with Gasteiger partial charge in [-0.15, -0.1) is 0 Å². The number of aromatic nitrogens is 1. The number of para-hydroxylation sites is 1. The van der Waals surface area contributed by atoms with Gasteiger partial charge in [-0.25, -0.2) is 0 Å². The molecule has 0 bridgehead atoms. The number of nitrogens with one attached hydrogen (secondary N) is 2. The number of carbonyl (C=O) groups is 1. The molecule has 0 saturated heterocycles. The number of anilines is 3. The van der Waals surface area contributed by atoms with E-state index < -0.39 is 0 Å². The smallest absolute Gasteiger partial charge is 0.274 e. The molecule has 4 heteroatoms. The minimum Gasteiger partial charge on any atom is -0.355 e. The van der Waals surface area contributed by atoms with E-state index in [0.717, 1.165) is 17.1 Å². The number of carbonyl (C=O) groups excluding carboxylic acids is 1. The van der Waals surface area contributed by atoms with Crippen molar-refractivity contribution < 1.29 is 4.79 Å². The number of pyridine rings is 1. The maximum atomic E-state index is 12.3. The van der Waals surface area contributed by atoms with Gasteiger partial charge in [-0.3, -0.25) is 9.78 Å². The molecule has 1 amide bonds. The maximum Gasteiger partial charge on any atom is 0.274 e. The first-order chi connectivity index (χ1) is 11.6. The number of rotatable bonds is 4. The molecule has 4 nitrogen and oxygen atoms in total. The highest BCUT2D eigenvalue weighted by atomic mass is 16.1. The van der Waals surface area contributed by atoms with E-state index in [1.807, 2.05) is 36.4 Å². The zero-order valence-electron chi connectivity index (χ0n) is 13.7. The zero-order chi connectivity index (χ0) is 16.9. The molecule has 1 aromatic heterocycles. The third-order valence-corrected chi connectivity index (χ3v) is 3.53. The molecule has 120 valence electrons. The van der Waals surface area contributed by atoms with Gasteiger partial charge in [0.1, 0.15) is 5.69 Å². The van der Waals surface area contributed by atoms with E-state index in [0.29, 0.717) is 5.69 Å². The number of aryl methyl sites for hydroxylation is 2. The Labute approximate surface area is 141 Å². The normalized spacial score (nSPS) is 10.2. The zero-order valence-corrected chi connectivity index (χ0v) is 13.7. The number of nitrogens with zero attached hydrogens (tertiary/aromatic N) is 1. The second-order valence-electron chi connectivity index (χ2n) is 5.75. The summed E-state index contributed by atoms with van der Waals surface area (Å²) in [5.74, 6) is -0.231. The lowest BCUT2D eigenvalue weighted by Gasteiger charge is -2.10. The van der Waals surface area contributed by atoms with Crippen molar-refractivity contribution in [3.05, 3.63) is 83.7 Å². The van der Waals surface area contributed by atoms with Crippen molar-refractivity contribution in [1.29, 1.82) is 0 Å². The summed E-state index contributed by atoms with van der Waals surface area (Å²) in [5, 5.41) is 6.16. The monoisotopic (exact) mass is 317 g/mol. The molecular formula is C20H19N3O. The standard InChI is InChI=1S/C20H19N3O/c1-14-10-15(2)12-18(11-14)22-17-8-9-21-19(13-17)20(24)23-16-6-4-3-5-7-16/h3-13H,1-2H3,(H,21,22)(H,23,24). The molecule has 3 aromatic rings. The highest BCUT2D eigenvalue weighted by molar-refractivity contribution is 6.03. The Bertz CT molecular complexity index is 840. The van der Waals surface area contributed by atoms with Gasteiger partial charge in [0, 0.05) is 23.3 Å². The predicted molar refractivity (Wildman–Crippen MR) is 97.8 cm³/mol. The van der Waals surface area contributed by atoms with Crippen molar-refractivity contribution in [1.82, 2.24) is 4.98 Å². The van der Waals surface area contributed by atoms with Gasteiger partial charge in [0.2, 0.25) is 0 Å². The number of hydrogen-bond acceptors (Lipinski definition) is 3. The average Bonchev–Trinajstić information content (AvgIpc) is 2.55. The van der Waals surface area contributed by atoms with E-state index in [2.05, 4.69) is 47.7 Å². The van der Waals surface area contributed by atoms with Gasteiger partial charge in [-0.1, -0.05) is 24.3 Å². The van der Waals surface area contributed by atoms with Crippen LogP contribution >= 0.6 is 0 Å². The molecule has 0 aliphatic carbocycles. The summed E-state index contributed by atoms with van der Waals surface area (Å²) < 4.78 is 0. The Morgan fingerprint density at radius 3 is 2.25 bits per heavy atom. The maximum absolute atomic E-state index is 12.3. The molecule has 0 unspecified atom stereocenters. The lowest BCUT2D eigenvalue weighted by Crippen LogP contribution is -2.13. The topological polar surface area (TPSA) is 54.0 Å². The van der Waals surface area contributed by atoms with Crippen LogP contribution in [0.4, 0.5) is 17.1 Å². The molecule has 2 aromatic carbocycles. The van der Waals surface area contributed by atoms with Gasteiger partial charge in [0.05, 0.1) is 0 Å². The van der Waals surface area contributed by atoms with E-state index >= 15 is 0 Å². The van der Waals surface area contributed by atoms with Crippen molar-refractivity contribution in [2.45, 2.75) is 13.8 Å². The molecule has 1 heterocycles. The SMILES string of the molecule is Cc1cc(C)cc(Nc2ccnc(C(=O)Nc3ccccc3)c2)c1. The van der Waals surface area contributed by atoms with Crippen molar-refractivity contribution >= 4 is 23.0 Å². The third kappa shape index (κ3) is 3.98. The summed E-state index contributed by atoms with van der Waals surface area (Å²) in [6.45, 7) is 4.12. The largest absolute Gasteiger partial charge is 0.355 e. The second kappa shape index (κ2) is 6.96. The summed E-state index contributed by atoms with van der Waals surface area (Å²) in [6, 6.07) is 19.2. The van der Waals surface area contributed by atoms with E-state index in [9.17, 15) is 4.79 Å². The predicted octanol–water partition coefficient (Wildman–Crippen LogP) is 4.69.